The minimum absolute atomic E-state index is 0.00421. The van der Waals surface area contributed by atoms with Crippen LogP contribution in [-0.2, 0) is 27.1 Å². The molecule has 146 heavy (non-hydrogen) atoms. The summed E-state index contributed by atoms with van der Waals surface area (Å²) in [5, 5.41) is 0. The van der Waals surface area contributed by atoms with Crippen molar-refractivity contribution in [2.24, 2.45) is 0 Å². The third-order valence-corrected chi connectivity index (χ3v) is 33.1. The van der Waals surface area contributed by atoms with Crippen LogP contribution < -0.4 is 19.6 Å². The van der Waals surface area contributed by atoms with Crippen LogP contribution in [0.25, 0.3) is 89.0 Å². The van der Waals surface area contributed by atoms with E-state index < -0.39 is 0 Å². The van der Waals surface area contributed by atoms with Gasteiger partial charge in [-0.2, -0.15) is 0 Å². The molecule has 3 saturated carbocycles. The van der Waals surface area contributed by atoms with Gasteiger partial charge in [-0.25, -0.2) is 0 Å². The van der Waals surface area contributed by atoms with E-state index in [1.54, 1.807) is 5.56 Å². The normalized spacial score (nSPS) is 15.9. The number of rotatable bonds is 15. The molecule has 16 aromatic rings. The minimum atomic E-state index is -0.114. The molecular weight excluding hydrogens is 1760 g/mol. The molecule has 0 N–H and O–H groups in total. The van der Waals surface area contributed by atoms with Crippen LogP contribution in [0.4, 0.5) is 45.5 Å². The van der Waals surface area contributed by atoms with Crippen molar-refractivity contribution in [2.45, 2.75) is 297 Å². The maximum Gasteiger partial charge on any atom is 0.0460 e. The highest BCUT2D eigenvalue weighted by Gasteiger charge is 2.46. The van der Waals surface area contributed by atoms with E-state index in [0.717, 1.165) is 0 Å². The predicted octanol–water partition coefficient (Wildman–Crippen LogP) is 40.3. The average Bonchev–Trinajstić information content (AvgIpc) is 1.56. The number of hydrogen-bond acceptors (Lipinski definition) is 4. The molecule has 0 bridgehead atoms. The van der Waals surface area contributed by atoms with Crippen LogP contribution in [-0.4, -0.2) is 22.2 Å². The fraction of sp³-hybridized carbons (Fsp3) is 0.324. The molecule has 0 heterocycles. The summed E-state index contributed by atoms with van der Waals surface area (Å²) in [4.78, 5) is 10.4. The highest BCUT2D eigenvalue weighted by Crippen LogP contribution is 2.61. The number of nitrogens with zero attached hydrogens (tertiary/aromatic N) is 4. The molecule has 0 radical (unpaired) electrons. The van der Waals surface area contributed by atoms with Gasteiger partial charge >= 0.3 is 0 Å². The van der Waals surface area contributed by atoms with Crippen molar-refractivity contribution in [3.8, 4) is 89.0 Å². The summed E-state index contributed by atoms with van der Waals surface area (Å²) in [6.07, 6.45) is 14.5. The van der Waals surface area contributed by atoms with Crippen LogP contribution in [0.2, 0.25) is 0 Å². The SMILES string of the molecule is CC(C)(C)c1cc2c(cc1N(c1cccc(-c3ccccc3)c1)C(C)(C)C)-c1ccccc1C2(C)C.CC1(C)c2ccccc2-c2cc(N(c3cccc(-c4ccccc4)c3)C(C)(C)C)c(C3CC3)cc21.CC1(C)c2ccccc2-c2cc(N(c3cccc(-c4ccccc4)c3)C(C)(C)C)c(C3CCCC3)cc21.CC1(C)c2ccccc2-c2cc(N(c3cccc(-c4ccccc4)c3)C(C)(C)C)c(C3CCCCC3)cc21. The Kier molecular flexibility index (Phi) is 26.6. The van der Waals surface area contributed by atoms with Gasteiger partial charge < -0.3 is 19.6 Å². The number of fused-ring (bicyclic) bond motifs is 12. The topological polar surface area (TPSA) is 13.0 Å². The Morgan fingerprint density at radius 1 is 0.185 bits per heavy atom. The van der Waals surface area contributed by atoms with E-state index >= 15 is 0 Å². The molecule has 4 nitrogen and oxygen atoms in total. The molecule has 0 aromatic heterocycles. The summed E-state index contributed by atoms with van der Waals surface area (Å²) in [5.41, 5.74) is 49.1. The van der Waals surface area contributed by atoms with Gasteiger partial charge in [0.2, 0.25) is 0 Å². The van der Waals surface area contributed by atoms with Crippen LogP contribution in [0, 0.1) is 0 Å². The van der Waals surface area contributed by atoms with Crippen molar-refractivity contribution in [2.75, 3.05) is 19.6 Å². The van der Waals surface area contributed by atoms with E-state index in [1.165, 1.54) is 266 Å². The second-order valence-corrected chi connectivity index (χ2v) is 50.0. The van der Waals surface area contributed by atoms with E-state index in [1.807, 2.05) is 0 Å². The highest BCUT2D eigenvalue weighted by molar-refractivity contribution is 5.93. The second-order valence-electron chi connectivity index (χ2n) is 50.0. The summed E-state index contributed by atoms with van der Waals surface area (Å²) in [5.74, 6) is 1.91. The van der Waals surface area contributed by atoms with Crippen LogP contribution in [0.15, 0.2) is 364 Å². The highest BCUT2D eigenvalue weighted by atomic mass is 15.2. The van der Waals surface area contributed by atoms with Crippen molar-refractivity contribution >= 4 is 45.5 Å². The summed E-state index contributed by atoms with van der Waals surface area (Å²) in [6.45, 7) is 54.3. The van der Waals surface area contributed by atoms with E-state index in [0.29, 0.717) is 17.8 Å². The Balaban J connectivity index is 0.000000118. The molecule has 4 heteroatoms. The molecule has 23 rings (SSSR count). The van der Waals surface area contributed by atoms with Gasteiger partial charge in [0, 0.05) is 89.3 Å². The maximum absolute atomic E-state index is 2.62. The molecule has 0 spiro atoms. The molecule has 16 aromatic carbocycles. The van der Waals surface area contributed by atoms with E-state index in [2.05, 4.69) is 543 Å². The van der Waals surface area contributed by atoms with Crippen LogP contribution in [0.1, 0.15) is 314 Å². The number of benzene rings is 16. The molecule has 3 fully saturated rings. The lowest BCUT2D eigenvalue weighted by Crippen LogP contribution is -2.39. The Labute approximate surface area is 875 Å². The van der Waals surface area contributed by atoms with E-state index in [4.69, 9.17) is 0 Å². The first-order valence-corrected chi connectivity index (χ1v) is 54.6. The Morgan fingerprint density at radius 2 is 0.397 bits per heavy atom. The second kappa shape index (κ2) is 38.8. The van der Waals surface area contributed by atoms with E-state index in [9.17, 15) is 0 Å². The molecule has 0 atom stereocenters. The Morgan fingerprint density at radius 3 is 0.644 bits per heavy atom. The summed E-state index contributed by atoms with van der Waals surface area (Å²) in [6, 6.07) is 136. The standard InChI is InChI=1S/C37H41N.C36H39N.C35H39N.C34H35N/c1-36(2,3)38(29-20-14-19-28(23-29)26-15-8-6-9-16-26)35-25-32-30-21-12-13-22-33(30)37(4,5)34(32)24-31(35)27-17-10-7-11-18-27;1-35(2,3)37(28-19-13-18-27(22-28)25-14-7-6-8-15-25)34-24-31-29-20-11-12-21-32(29)36(4,5)33(31)23-30(34)26-16-9-10-17-26;1-33(2,3)31-23-30-28(27-19-12-13-20-29(27)35(30,7)8)22-32(31)36(34(4,5)6)26-18-14-17-25(21-26)24-15-10-9-11-16-24;1-33(2,3)35(26-15-11-14-25(20-26)23-12-7-6-8-13-23)32-22-29-27-16-9-10-17-30(27)34(4,5)31(29)21-28(32)24-18-19-24/h6,8-9,12-16,19-25,27H,7,10-11,17-18H2,1-5H3;6-8,11-15,18-24,26H,9-10,16-17H2,1-5H3;9-23H,1-8H3;6-17,20-22,24H,18-19H2,1-5H3. The average molecular weight is 1920 g/mol. The van der Waals surface area contributed by atoms with Gasteiger partial charge in [0.05, 0.1) is 0 Å². The molecule has 0 amide bonds. The quantitative estimate of drug-likeness (QED) is 0.101. The monoisotopic (exact) mass is 1920 g/mol. The van der Waals surface area contributed by atoms with Gasteiger partial charge in [0.25, 0.3) is 0 Å². The molecule has 0 unspecified atom stereocenters. The number of hydrogen-bond donors (Lipinski definition) is 0. The van der Waals surface area contributed by atoms with Crippen molar-refractivity contribution in [3.05, 3.63) is 431 Å². The lowest BCUT2D eigenvalue weighted by Gasteiger charge is -2.41. The molecule has 7 aliphatic rings. The van der Waals surface area contributed by atoms with Crippen molar-refractivity contribution < 1.29 is 0 Å². The zero-order chi connectivity index (χ0) is 103. The molecule has 742 valence electrons. The number of anilines is 8. The summed E-state index contributed by atoms with van der Waals surface area (Å²) >= 11 is 0. The van der Waals surface area contributed by atoms with Crippen molar-refractivity contribution in [3.63, 3.8) is 0 Å². The Bertz CT molecular complexity index is 7480. The first-order valence-electron chi connectivity index (χ1n) is 54.6. The smallest absolute Gasteiger partial charge is 0.0460 e. The van der Waals surface area contributed by atoms with Gasteiger partial charge in [-0.1, -0.05) is 399 Å². The molecule has 0 saturated heterocycles. The third-order valence-electron chi connectivity index (χ3n) is 33.1. The predicted molar refractivity (Wildman–Crippen MR) is 629 cm³/mol. The van der Waals surface area contributed by atoms with Gasteiger partial charge in [-0.05, 0) is 373 Å². The molecular formula is C142H154N4. The zero-order valence-corrected chi connectivity index (χ0v) is 91.4. The van der Waals surface area contributed by atoms with Crippen LogP contribution in [0.5, 0.6) is 0 Å². The third kappa shape index (κ3) is 19.2. The summed E-state index contributed by atoms with van der Waals surface area (Å²) in [7, 11) is 0. The fourth-order valence-corrected chi connectivity index (χ4v) is 25.8. The van der Waals surface area contributed by atoms with E-state index in [-0.39, 0.29) is 49.2 Å². The van der Waals surface area contributed by atoms with Gasteiger partial charge in [-0.15, -0.1) is 0 Å². The van der Waals surface area contributed by atoms with Gasteiger partial charge in [0.1, 0.15) is 0 Å². The van der Waals surface area contributed by atoms with Gasteiger partial charge in [-0.3, -0.25) is 0 Å². The Hall–Kier alpha value is -13.3. The lowest BCUT2D eigenvalue weighted by atomic mass is 9.77. The van der Waals surface area contributed by atoms with Gasteiger partial charge in [0.15, 0.2) is 0 Å². The minimum Gasteiger partial charge on any atom is -0.336 e. The molecule has 7 aliphatic carbocycles. The van der Waals surface area contributed by atoms with Crippen molar-refractivity contribution in [1.82, 2.24) is 0 Å². The first-order chi connectivity index (χ1) is 69.6. The fourth-order valence-electron chi connectivity index (χ4n) is 25.8. The lowest BCUT2D eigenvalue weighted by molar-refractivity contribution is 0.441. The van der Waals surface area contributed by atoms with Crippen LogP contribution in [0.3, 0.4) is 0 Å². The maximum atomic E-state index is 2.62. The first kappa shape index (κ1) is 100. The van der Waals surface area contributed by atoms with Crippen molar-refractivity contribution in [1.29, 1.82) is 0 Å². The summed E-state index contributed by atoms with van der Waals surface area (Å²) < 4.78 is 0. The largest absolute Gasteiger partial charge is 0.336 e. The van der Waals surface area contributed by atoms with Crippen LogP contribution >= 0.6 is 0 Å². The molecule has 0 aliphatic heterocycles. The zero-order valence-electron chi connectivity index (χ0n) is 91.4.